The molecule has 0 atom stereocenters. The summed E-state index contributed by atoms with van der Waals surface area (Å²) in [6, 6.07) is 16.0. The number of Topliss-reactive ketones (excluding diaryl/α,β-unsaturated/α-hetero) is 1. The van der Waals surface area contributed by atoms with E-state index in [4.69, 9.17) is 0 Å². The van der Waals surface area contributed by atoms with Crippen LogP contribution in [0.2, 0.25) is 0 Å². The van der Waals surface area contributed by atoms with Gasteiger partial charge in [-0.25, -0.2) is 0 Å². The van der Waals surface area contributed by atoms with Gasteiger partial charge >= 0.3 is 0 Å². The van der Waals surface area contributed by atoms with Crippen molar-refractivity contribution < 1.29 is 9.72 Å². The molecule has 5 nitrogen and oxygen atoms in total. The largest absolute Gasteiger partial charge is 0.312 e. The third-order valence-electron chi connectivity index (χ3n) is 4.07. The van der Waals surface area contributed by atoms with Gasteiger partial charge in [-0.15, -0.1) is 0 Å². The monoisotopic (exact) mass is 398 g/mol. The zero-order chi connectivity index (χ0) is 18.1. The molecule has 1 aromatic heterocycles. The van der Waals surface area contributed by atoms with Crippen LogP contribution in [0.25, 0.3) is 16.9 Å². The number of halogens is 1. The highest BCUT2D eigenvalue weighted by atomic mass is 79.9. The van der Waals surface area contributed by atoms with Gasteiger partial charge in [0.25, 0.3) is 5.69 Å². The van der Waals surface area contributed by atoms with Crippen LogP contribution in [0, 0.1) is 17.0 Å². The predicted octanol–water partition coefficient (Wildman–Crippen LogP) is 5.33. The summed E-state index contributed by atoms with van der Waals surface area (Å²) in [6.45, 7) is 3.33. The molecule has 6 heteroatoms. The molecule has 3 aromatic rings. The molecule has 0 saturated heterocycles. The van der Waals surface area contributed by atoms with Crippen LogP contribution in [0.4, 0.5) is 5.69 Å². The van der Waals surface area contributed by atoms with Gasteiger partial charge in [0.15, 0.2) is 5.78 Å². The first-order valence-electron chi connectivity index (χ1n) is 7.64. The minimum Gasteiger partial charge on any atom is -0.312 e. The zero-order valence-corrected chi connectivity index (χ0v) is 15.3. The fourth-order valence-electron chi connectivity index (χ4n) is 3.04. The molecule has 2 aromatic carbocycles. The molecule has 25 heavy (non-hydrogen) atoms. The number of nitro groups is 1. The summed E-state index contributed by atoms with van der Waals surface area (Å²) < 4.78 is 2.44. The number of ketones is 1. The number of carbonyl (C=O) groups excluding carboxylic acids is 1. The van der Waals surface area contributed by atoms with E-state index >= 15 is 0 Å². The van der Waals surface area contributed by atoms with E-state index in [9.17, 15) is 14.9 Å². The molecule has 0 radical (unpaired) electrons. The van der Waals surface area contributed by atoms with Gasteiger partial charge < -0.3 is 4.57 Å². The standard InChI is InChI=1S/C19H15BrN2O3/c1-12-17(13(2)23)18(20)19(21(12)14-8-4-3-5-9-14)15-10-6-7-11-16(15)22(24)25/h3-11H,1-2H3. The van der Waals surface area contributed by atoms with Crippen LogP contribution in [0.1, 0.15) is 23.0 Å². The van der Waals surface area contributed by atoms with E-state index in [-0.39, 0.29) is 11.5 Å². The number of nitrogens with zero attached hydrogens (tertiary/aromatic N) is 2. The molecule has 0 N–H and O–H groups in total. The lowest BCUT2D eigenvalue weighted by Gasteiger charge is -2.12. The number of hydrogen-bond donors (Lipinski definition) is 0. The van der Waals surface area contributed by atoms with Crippen molar-refractivity contribution >= 4 is 27.4 Å². The van der Waals surface area contributed by atoms with E-state index in [1.165, 1.54) is 13.0 Å². The lowest BCUT2D eigenvalue weighted by Crippen LogP contribution is -2.02. The number of benzene rings is 2. The third-order valence-corrected chi connectivity index (χ3v) is 4.84. The molecule has 0 aliphatic rings. The Balaban J connectivity index is 2.44. The quantitative estimate of drug-likeness (QED) is 0.339. The molecule has 0 spiro atoms. The molecule has 3 rings (SSSR count). The molecular formula is C19H15BrN2O3. The minimum atomic E-state index is -0.410. The smallest absolute Gasteiger partial charge is 0.278 e. The maximum atomic E-state index is 12.2. The van der Waals surface area contributed by atoms with Gasteiger partial charge in [-0.3, -0.25) is 14.9 Å². The van der Waals surface area contributed by atoms with Gasteiger partial charge in [-0.2, -0.15) is 0 Å². The Bertz CT molecular complexity index is 978. The first-order valence-corrected chi connectivity index (χ1v) is 8.43. The van der Waals surface area contributed by atoms with Crippen LogP contribution in [0.3, 0.4) is 0 Å². The average Bonchev–Trinajstić information content (AvgIpc) is 2.86. The number of aromatic nitrogens is 1. The van der Waals surface area contributed by atoms with Crippen molar-refractivity contribution in [2.45, 2.75) is 13.8 Å². The average molecular weight is 399 g/mol. The second-order valence-electron chi connectivity index (χ2n) is 5.62. The Morgan fingerprint density at radius 2 is 1.68 bits per heavy atom. The van der Waals surface area contributed by atoms with Gasteiger partial charge in [0.05, 0.1) is 26.2 Å². The van der Waals surface area contributed by atoms with Gasteiger partial charge in [-0.1, -0.05) is 30.3 Å². The highest BCUT2D eigenvalue weighted by Gasteiger charge is 2.27. The topological polar surface area (TPSA) is 65.1 Å². The van der Waals surface area contributed by atoms with Crippen LogP contribution in [-0.4, -0.2) is 15.3 Å². The second kappa shape index (κ2) is 6.64. The molecule has 0 aliphatic heterocycles. The third kappa shape index (κ3) is 2.89. The van der Waals surface area contributed by atoms with Gasteiger partial charge in [0, 0.05) is 17.4 Å². The molecule has 0 fully saturated rings. The maximum Gasteiger partial charge on any atom is 0.278 e. The first-order chi connectivity index (χ1) is 11.9. The summed E-state index contributed by atoms with van der Waals surface area (Å²) >= 11 is 3.51. The summed E-state index contributed by atoms with van der Waals surface area (Å²) in [7, 11) is 0. The van der Waals surface area contributed by atoms with Crippen molar-refractivity contribution in [2.75, 3.05) is 0 Å². The number of carbonyl (C=O) groups is 1. The number of nitro benzene ring substituents is 1. The highest BCUT2D eigenvalue weighted by Crippen LogP contribution is 2.41. The van der Waals surface area contributed by atoms with Crippen LogP contribution >= 0.6 is 15.9 Å². The van der Waals surface area contributed by atoms with E-state index in [1.807, 2.05) is 41.8 Å². The van der Waals surface area contributed by atoms with E-state index < -0.39 is 4.92 Å². The highest BCUT2D eigenvalue weighted by molar-refractivity contribution is 9.10. The van der Waals surface area contributed by atoms with Crippen LogP contribution in [-0.2, 0) is 0 Å². The molecule has 0 unspecified atom stereocenters. The predicted molar refractivity (Wildman–Crippen MR) is 100 cm³/mol. The maximum absolute atomic E-state index is 12.2. The van der Waals surface area contributed by atoms with Crippen molar-refractivity contribution in [1.29, 1.82) is 0 Å². The lowest BCUT2D eigenvalue weighted by molar-refractivity contribution is -0.384. The van der Waals surface area contributed by atoms with Crippen LogP contribution < -0.4 is 0 Å². The molecule has 1 heterocycles. The van der Waals surface area contributed by atoms with Crippen molar-refractivity contribution in [2.24, 2.45) is 0 Å². The molecule has 0 bridgehead atoms. The Morgan fingerprint density at radius 1 is 1.08 bits per heavy atom. The Hall–Kier alpha value is -2.73. The lowest BCUT2D eigenvalue weighted by atomic mass is 10.1. The van der Waals surface area contributed by atoms with Crippen LogP contribution in [0.5, 0.6) is 0 Å². The van der Waals surface area contributed by atoms with Crippen LogP contribution in [0.15, 0.2) is 59.1 Å². The van der Waals surface area contributed by atoms with E-state index in [0.29, 0.717) is 21.3 Å². The summed E-state index contributed by atoms with van der Waals surface area (Å²) in [5, 5.41) is 11.5. The van der Waals surface area contributed by atoms with Gasteiger partial charge in [0.1, 0.15) is 0 Å². The van der Waals surface area contributed by atoms with E-state index in [1.54, 1.807) is 18.2 Å². The van der Waals surface area contributed by atoms with Crippen molar-refractivity contribution in [3.63, 3.8) is 0 Å². The van der Waals surface area contributed by atoms with E-state index in [0.717, 1.165) is 11.4 Å². The van der Waals surface area contributed by atoms with Crippen molar-refractivity contribution in [3.05, 3.63) is 80.4 Å². The summed E-state index contributed by atoms with van der Waals surface area (Å²) in [4.78, 5) is 23.2. The number of rotatable bonds is 4. The molecule has 0 aliphatic carbocycles. The molecule has 0 amide bonds. The fraction of sp³-hybridized carbons (Fsp3) is 0.105. The fourth-order valence-corrected chi connectivity index (χ4v) is 3.99. The summed E-state index contributed by atoms with van der Waals surface area (Å²) in [5.74, 6) is -0.0982. The van der Waals surface area contributed by atoms with Crippen molar-refractivity contribution in [1.82, 2.24) is 4.57 Å². The van der Waals surface area contributed by atoms with Gasteiger partial charge in [0.2, 0.25) is 0 Å². The molecule has 126 valence electrons. The Morgan fingerprint density at radius 3 is 2.28 bits per heavy atom. The Labute approximate surface area is 153 Å². The molecular weight excluding hydrogens is 384 g/mol. The zero-order valence-electron chi connectivity index (χ0n) is 13.7. The SMILES string of the molecule is CC(=O)c1c(Br)c(-c2ccccc2[N+](=O)[O-])n(-c2ccccc2)c1C. The second-order valence-corrected chi connectivity index (χ2v) is 6.42. The summed E-state index contributed by atoms with van der Waals surface area (Å²) in [5.41, 5.74) is 3.14. The van der Waals surface area contributed by atoms with Gasteiger partial charge in [-0.05, 0) is 48.0 Å². The molecule has 0 saturated carbocycles. The first kappa shape index (κ1) is 17.1. The van der Waals surface area contributed by atoms with E-state index in [2.05, 4.69) is 15.9 Å². The normalized spacial score (nSPS) is 10.7. The minimum absolute atomic E-state index is 0.00650. The number of hydrogen-bond acceptors (Lipinski definition) is 3. The van der Waals surface area contributed by atoms with Crippen molar-refractivity contribution in [3.8, 4) is 16.9 Å². The Kier molecular flexibility index (Phi) is 4.55. The number of para-hydroxylation sites is 2. The summed E-state index contributed by atoms with van der Waals surface area (Å²) in [6.07, 6.45) is 0.